The predicted molar refractivity (Wildman–Crippen MR) is 151 cm³/mol. The summed E-state index contributed by atoms with van der Waals surface area (Å²) in [5.74, 6) is 0.164. The fourth-order valence-corrected chi connectivity index (χ4v) is 5.95. The Labute approximate surface area is 235 Å². The molecule has 0 aromatic heterocycles. The van der Waals surface area contributed by atoms with Crippen molar-refractivity contribution >= 4 is 10.8 Å². The van der Waals surface area contributed by atoms with Crippen LogP contribution in [0.1, 0.15) is 62.5 Å². The highest BCUT2D eigenvalue weighted by molar-refractivity contribution is 7.85. The number of rotatable bonds is 15. The molecule has 2 fully saturated rings. The molecule has 2 heterocycles. The van der Waals surface area contributed by atoms with Gasteiger partial charge in [-0.15, -0.1) is 0 Å². The summed E-state index contributed by atoms with van der Waals surface area (Å²) in [7, 11) is -1.29. The lowest BCUT2D eigenvalue weighted by molar-refractivity contribution is -0.241. The Morgan fingerprint density at radius 1 is 0.923 bits per heavy atom. The number of hydrogen-bond donors (Lipinski definition) is 1. The van der Waals surface area contributed by atoms with E-state index >= 15 is 0 Å². The molecule has 1 N–H and O–H groups in total. The fraction of sp³-hybridized carbons (Fsp3) is 0.613. The lowest BCUT2D eigenvalue weighted by Gasteiger charge is -2.37. The molecule has 3 unspecified atom stereocenters. The number of aryl methyl sites for hydroxylation is 1. The second-order valence-electron chi connectivity index (χ2n) is 10.7. The van der Waals surface area contributed by atoms with Gasteiger partial charge < -0.3 is 28.8 Å². The van der Waals surface area contributed by atoms with Gasteiger partial charge >= 0.3 is 0 Å². The van der Waals surface area contributed by atoms with Crippen LogP contribution in [0.4, 0.5) is 0 Å². The molecule has 8 heteroatoms. The lowest BCUT2D eigenvalue weighted by Crippen LogP contribution is -2.46. The summed E-state index contributed by atoms with van der Waals surface area (Å²) in [6.07, 6.45) is 5.48. The van der Waals surface area contributed by atoms with E-state index in [1.807, 2.05) is 61.5 Å². The van der Waals surface area contributed by atoms with E-state index in [1.54, 1.807) is 0 Å². The lowest BCUT2D eigenvalue weighted by atomic mass is 9.96. The van der Waals surface area contributed by atoms with E-state index in [1.165, 1.54) is 0 Å². The quantitative estimate of drug-likeness (QED) is 0.317. The molecule has 2 aromatic rings. The van der Waals surface area contributed by atoms with Crippen LogP contribution in [0.5, 0.6) is 0 Å². The van der Waals surface area contributed by atoms with Crippen LogP contribution < -0.4 is 0 Å². The van der Waals surface area contributed by atoms with E-state index < -0.39 is 22.5 Å². The molecule has 0 saturated carbocycles. The predicted octanol–water partition coefficient (Wildman–Crippen LogP) is 5.29. The topological polar surface area (TPSA) is 83.5 Å². The molecule has 7 nitrogen and oxygen atoms in total. The van der Waals surface area contributed by atoms with E-state index in [0.717, 1.165) is 54.5 Å². The SMILES string of the molecule is Cc1ccc([S@](=O)CC(O)CCC(COC2CCCCO2)(COC2CCCCO2)OCc2ccccc2)cc1. The molecule has 0 bridgehead atoms. The Balaban J connectivity index is 1.44. The highest BCUT2D eigenvalue weighted by Crippen LogP contribution is 2.28. The van der Waals surface area contributed by atoms with Crippen molar-refractivity contribution in [3.8, 4) is 0 Å². The summed E-state index contributed by atoms with van der Waals surface area (Å²) in [5.41, 5.74) is 1.33. The maximum absolute atomic E-state index is 12.9. The third-order valence-corrected chi connectivity index (χ3v) is 8.77. The van der Waals surface area contributed by atoms with Crippen molar-refractivity contribution in [3.63, 3.8) is 0 Å². The summed E-state index contributed by atoms with van der Waals surface area (Å²) in [6.45, 7) is 4.31. The summed E-state index contributed by atoms with van der Waals surface area (Å²) in [4.78, 5) is 0.724. The van der Waals surface area contributed by atoms with Gasteiger partial charge in [-0.25, -0.2) is 0 Å². The molecule has 39 heavy (non-hydrogen) atoms. The molecule has 0 radical (unpaired) electrons. The highest BCUT2D eigenvalue weighted by atomic mass is 32.2. The van der Waals surface area contributed by atoms with E-state index in [9.17, 15) is 9.32 Å². The second kappa shape index (κ2) is 16.0. The summed E-state index contributed by atoms with van der Waals surface area (Å²) in [5, 5.41) is 10.9. The fourth-order valence-electron chi connectivity index (χ4n) is 4.80. The van der Waals surface area contributed by atoms with Crippen LogP contribution in [0.15, 0.2) is 59.5 Å². The smallest absolute Gasteiger partial charge is 0.157 e. The van der Waals surface area contributed by atoms with Crippen LogP contribution in [0.3, 0.4) is 0 Å². The number of ether oxygens (including phenoxy) is 5. The first kappa shape index (κ1) is 30.3. The van der Waals surface area contributed by atoms with Crippen LogP contribution in [0.25, 0.3) is 0 Å². The zero-order valence-electron chi connectivity index (χ0n) is 23.1. The van der Waals surface area contributed by atoms with Crippen molar-refractivity contribution in [2.45, 2.75) is 94.1 Å². The van der Waals surface area contributed by atoms with Crippen LogP contribution in [0, 0.1) is 6.92 Å². The van der Waals surface area contributed by atoms with E-state index in [4.69, 9.17) is 23.7 Å². The second-order valence-corrected chi connectivity index (χ2v) is 12.2. The van der Waals surface area contributed by atoms with Crippen LogP contribution in [0.2, 0.25) is 0 Å². The first-order valence-corrected chi connectivity index (χ1v) is 15.6. The Bertz CT molecular complexity index is 950. The van der Waals surface area contributed by atoms with Gasteiger partial charge in [-0.05, 0) is 76.0 Å². The van der Waals surface area contributed by atoms with Crippen molar-refractivity contribution in [2.24, 2.45) is 0 Å². The average molecular weight is 561 g/mol. The minimum absolute atomic E-state index is 0.164. The summed E-state index contributed by atoms with van der Waals surface area (Å²) >= 11 is 0. The van der Waals surface area contributed by atoms with Gasteiger partial charge in [-0.2, -0.15) is 0 Å². The van der Waals surface area contributed by atoms with Gasteiger partial charge in [-0.3, -0.25) is 4.21 Å². The maximum Gasteiger partial charge on any atom is 0.157 e. The van der Waals surface area contributed by atoms with E-state index in [-0.39, 0.29) is 31.5 Å². The molecular formula is C31H44O7S. The van der Waals surface area contributed by atoms with Gasteiger partial charge in [0.1, 0.15) is 5.60 Å². The molecule has 0 spiro atoms. The molecule has 0 aliphatic carbocycles. The first-order chi connectivity index (χ1) is 19.0. The maximum atomic E-state index is 12.9. The third kappa shape index (κ3) is 10.4. The minimum atomic E-state index is -1.29. The first-order valence-electron chi connectivity index (χ1n) is 14.3. The number of benzene rings is 2. The van der Waals surface area contributed by atoms with Gasteiger partial charge in [0, 0.05) is 18.1 Å². The van der Waals surface area contributed by atoms with Crippen molar-refractivity contribution in [2.75, 3.05) is 32.2 Å². The normalized spacial score (nSPS) is 23.1. The minimum Gasteiger partial charge on any atom is -0.392 e. The Morgan fingerprint density at radius 2 is 1.54 bits per heavy atom. The van der Waals surface area contributed by atoms with Crippen LogP contribution in [-0.2, 0) is 41.1 Å². The van der Waals surface area contributed by atoms with Crippen LogP contribution >= 0.6 is 0 Å². The number of aliphatic hydroxyl groups is 1. The summed E-state index contributed by atoms with van der Waals surface area (Å²) in [6, 6.07) is 17.6. The molecule has 2 aliphatic heterocycles. The van der Waals surface area contributed by atoms with E-state index in [0.29, 0.717) is 32.7 Å². The highest BCUT2D eigenvalue weighted by Gasteiger charge is 2.36. The molecule has 4 rings (SSSR count). The molecule has 2 aromatic carbocycles. The Hall–Kier alpha value is -1.65. The molecule has 2 aliphatic rings. The van der Waals surface area contributed by atoms with Gasteiger partial charge in [0.15, 0.2) is 12.6 Å². The molecule has 0 amide bonds. The molecule has 2 saturated heterocycles. The van der Waals surface area contributed by atoms with Crippen LogP contribution in [-0.4, -0.2) is 65.8 Å². The molecule has 216 valence electrons. The largest absolute Gasteiger partial charge is 0.392 e. The van der Waals surface area contributed by atoms with Gasteiger partial charge in [0.2, 0.25) is 0 Å². The Morgan fingerprint density at radius 3 is 2.10 bits per heavy atom. The van der Waals surface area contributed by atoms with Crippen molar-refractivity contribution in [1.82, 2.24) is 0 Å². The van der Waals surface area contributed by atoms with Crippen molar-refractivity contribution in [1.29, 1.82) is 0 Å². The zero-order chi connectivity index (χ0) is 27.3. The monoisotopic (exact) mass is 560 g/mol. The Kier molecular flexibility index (Phi) is 12.4. The molecule has 4 atom stereocenters. The van der Waals surface area contributed by atoms with Crippen molar-refractivity contribution < 1.29 is 33.0 Å². The van der Waals surface area contributed by atoms with Gasteiger partial charge in [-0.1, -0.05) is 48.0 Å². The van der Waals surface area contributed by atoms with Gasteiger partial charge in [0.05, 0.1) is 42.5 Å². The van der Waals surface area contributed by atoms with Crippen molar-refractivity contribution in [3.05, 3.63) is 65.7 Å². The van der Waals surface area contributed by atoms with E-state index in [2.05, 4.69) is 0 Å². The number of aliphatic hydroxyl groups excluding tert-OH is 1. The van der Waals surface area contributed by atoms with Gasteiger partial charge in [0.25, 0.3) is 0 Å². The average Bonchev–Trinajstić information content (AvgIpc) is 2.98. The summed E-state index contributed by atoms with van der Waals surface area (Å²) < 4.78 is 43.7. The third-order valence-electron chi connectivity index (χ3n) is 7.29. The number of hydrogen-bond acceptors (Lipinski definition) is 7. The standard InChI is InChI=1S/C31H44O7S/c1-25-13-15-28(16-14-25)39(33)22-27(32)17-18-31(23-36-29-11-5-7-19-34-29,24-37-30-12-6-8-20-35-30)38-21-26-9-3-2-4-10-26/h2-4,9-10,13-16,27,29-30,32H,5-8,11-12,17-24H2,1H3/t27?,29?,30?,31?,39-/m1/s1. The molecular weight excluding hydrogens is 516 g/mol. The zero-order valence-corrected chi connectivity index (χ0v) is 23.9.